The highest BCUT2D eigenvalue weighted by molar-refractivity contribution is 6.12. The predicted octanol–water partition coefficient (Wildman–Crippen LogP) is 2.20. The Morgan fingerprint density at radius 1 is 1.20 bits per heavy atom. The van der Waals surface area contributed by atoms with Gasteiger partial charge in [-0.05, 0) is 38.5 Å². The van der Waals surface area contributed by atoms with Gasteiger partial charge in [-0.1, -0.05) is 12.1 Å². The van der Waals surface area contributed by atoms with Crippen LogP contribution in [0, 0.1) is 5.41 Å². The van der Waals surface area contributed by atoms with E-state index in [0.717, 1.165) is 18.7 Å². The van der Waals surface area contributed by atoms with Gasteiger partial charge < -0.3 is 10.6 Å². The largest absolute Gasteiger partial charge is 0.385 e. The summed E-state index contributed by atoms with van der Waals surface area (Å²) >= 11 is 0. The van der Waals surface area contributed by atoms with Crippen molar-refractivity contribution < 1.29 is 0 Å². The standard InChI is InChI=1S/C15H23N5/c1-4-19(5-2)12-9-7-11(8-10-12)13-14(16)18-20(6-3)15(13)17/h7-10,13,17H,4-6H2,1-3H3,(H2,16,18). The zero-order valence-corrected chi connectivity index (χ0v) is 12.4. The molecule has 20 heavy (non-hydrogen) atoms. The second kappa shape index (κ2) is 5.94. The van der Waals surface area contributed by atoms with E-state index in [1.54, 1.807) is 5.01 Å². The summed E-state index contributed by atoms with van der Waals surface area (Å²) < 4.78 is 0. The summed E-state index contributed by atoms with van der Waals surface area (Å²) in [4.78, 5) is 2.29. The summed E-state index contributed by atoms with van der Waals surface area (Å²) in [7, 11) is 0. The highest BCUT2D eigenvalue weighted by Gasteiger charge is 2.31. The minimum atomic E-state index is -0.208. The number of amidine groups is 2. The van der Waals surface area contributed by atoms with Crippen LogP contribution >= 0.6 is 0 Å². The van der Waals surface area contributed by atoms with E-state index in [0.29, 0.717) is 18.2 Å². The van der Waals surface area contributed by atoms with E-state index in [2.05, 4.69) is 48.1 Å². The lowest BCUT2D eigenvalue weighted by atomic mass is 9.97. The smallest absolute Gasteiger partial charge is 0.135 e. The van der Waals surface area contributed by atoms with Gasteiger partial charge in [0, 0.05) is 25.3 Å². The van der Waals surface area contributed by atoms with E-state index in [9.17, 15) is 0 Å². The van der Waals surface area contributed by atoms with Crippen molar-refractivity contribution in [1.82, 2.24) is 5.01 Å². The van der Waals surface area contributed by atoms with Crippen LogP contribution in [-0.2, 0) is 0 Å². The first kappa shape index (κ1) is 14.4. The molecule has 5 nitrogen and oxygen atoms in total. The van der Waals surface area contributed by atoms with Crippen LogP contribution < -0.4 is 10.6 Å². The Balaban J connectivity index is 2.23. The predicted molar refractivity (Wildman–Crippen MR) is 84.5 cm³/mol. The molecule has 0 aromatic heterocycles. The Bertz CT molecular complexity index is 502. The number of hydrazone groups is 1. The molecule has 1 atom stereocenters. The van der Waals surface area contributed by atoms with Gasteiger partial charge in [0.1, 0.15) is 17.6 Å². The van der Waals surface area contributed by atoms with Gasteiger partial charge in [-0.15, -0.1) is 0 Å². The van der Waals surface area contributed by atoms with Crippen LogP contribution in [0.3, 0.4) is 0 Å². The monoisotopic (exact) mass is 273 g/mol. The van der Waals surface area contributed by atoms with Crippen molar-refractivity contribution in [2.24, 2.45) is 10.8 Å². The Kier molecular flexibility index (Phi) is 4.27. The molecule has 0 radical (unpaired) electrons. The van der Waals surface area contributed by atoms with Crippen LogP contribution in [0.4, 0.5) is 5.69 Å². The average molecular weight is 273 g/mol. The first-order chi connectivity index (χ1) is 9.62. The molecule has 0 fully saturated rings. The van der Waals surface area contributed by atoms with Crippen molar-refractivity contribution in [2.45, 2.75) is 26.7 Å². The SMILES string of the molecule is CCN1N=C(N)C(c2ccc(N(CC)CC)cc2)C1=N. The second-order valence-corrected chi connectivity index (χ2v) is 4.82. The van der Waals surface area contributed by atoms with Gasteiger partial charge in [0.05, 0.1) is 0 Å². The number of rotatable bonds is 5. The van der Waals surface area contributed by atoms with Crippen LogP contribution in [0.5, 0.6) is 0 Å². The van der Waals surface area contributed by atoms with Gasteiger partial charge in [-0.3, -0.25) is 5.41 Å². The molecule has 1 unspecified atom stereocenters. The van der Waals surface area contributed by atoms with Gasteiger partial charge in [-0.25, -0.2) is 5.01 Å². The zero-order valence-electron chi connectivity index (χ0n) is 12.4. The molecule has 0 amide bonds. The quantitative estimate of drug-likeness (QED) is 0.864. The van der Waals surface area contributed by atoms with Crippen LogP contribution in [0.2, 0.25) is 0 Å². The van der Waals surface area contributed by atoms with E-state index in [1.807, 2.05) is 6.92 Å². The molecule has 3 N–H and O–H groups in total. The van der Waals surface area contributed by atoms with Gasteiger partial charge in [0.25, 0.3) is 0 Å². The molecule has 1 aromatic rings. The Hall–Kier alpha value is -2.04. The minimum Gasteiger partial charge on any atom is -0.385 e. The number of hydrogen-bond donors (Lipinski definition) is 2. The number of nitrogens with two attached hydrogens (primary N) is 1. The minimum absolute atomic E-state index is 0.208. The summed E-state index contributed by atoms with van der Waals surface area (Å²) in [5, 5.41) is 14.0. The van der Waals surface area contributed by atoms with Crippen molar-refractivity contribution in [3.05, 3.63) is 29.8 Å². The zero-order chi connectivity index (χ0) is 14.7. The van der Waals surface area contributed by atoms with E-state index >= 15 is 0 Å². The Morgan fingerprint density at radius 2 is 1.80 bits per heavy atom. The number of anilines is 1. The normalized spacial score (nSPS) is 18.4. The van der Waals surface area contributed by atoms with Crippen molar-refractivity contribution in [1.29, 1.82) is 5.41 Å². The number of likely N-dealkylation sites (N-methyl/N-ethyl adjacent to an activating group) is 1. The molecule has 108 valence electrons. The van der Waals surface area contributed by atoms with E-state index in [-0.39, 0.29) is 5.92 Å². The highest BCUT2D eigenvalue weighted by atomic mass is 15.5. The molecular weight excluding hydrogens is 250 g/mol. The summed E-state index contributed by atoms with van der Waals surface area (Å²) in [6, 6.07) is 8.29. The number of hydrogen-bond acceptors (Lipinski definition) is 4. The van der Waals surface area contributed by atoms with Gasteiger partial charge >= 0.3 is 0 Å². The number of benzene rings is 1. The van der Waals surface area contributed by atoms with Gasteiger partial charge in [-0.2, -0.15) is 5.10 Å². The van der Waals surface area contributed by atoms with Crippen LogP contribution in [0.1, 0.15) is 32.3 Å². The first-order valence-corrected chi connectivity index (χ1v) is 7.17. The van der Waals surface area contributed by atoms with E-state index in [4.69, 9.17) is 11.1 Å². The molecular formula is C15H23N5. The molecule has 0 aliphatic carbocycles. The van der Waals surface area contributed by atoms with Crippen LogP contribution in [-0.4, -0.2) is 36.3 Å². The summed E-state index contributed by atoms with van der Waals surface area (Å²) in [6.45, 7) is 8.91. The second-order valence-electron chi connectivity index (χ2n) is 4.82. The third kappa shape index (κ3) is 2.48. The lowest BCUT2D eigenvalue weighted by Gasteiger charge is -2.22. The van der Waals surface area contributed by atoms with E-state index < -0.39 is 0 Å². The average Bonchev–Trinajstić information content (AvgIpc) is 2.75. The fourth-order valence-corrected chi connectivity index (χ4v) is 2.58. The topological polar surface area (TPSA) is 68.7 Å². The molecule has 1 aromatic carbocycles. The third-order valence-corrected chi connectivity index (χ3v) is 3.74. The summed E-state index contributed by atoms with van der Waals surface area (Å²) in [5.41, 5.74) is 8.21. The van der Waals surface area contributed by atoms with Gasteiger partial charge in [0.15, 0.2) is 0 Å². The van der Waals surface area contributed by atoms with Crippen LogP contribution in [0.15, 0.2) is 29.4 Å². The Labute approximate surface area is 120 Å². The molecule has 0 saturated carbocycles. The summed E-state index contributed by atoms with van der Waals surface area (Å²) in [5.74, 6) is 0.758. The lowest BCUT2D eigenvalue weighted by Crippen LogP contribution is -2.27. The summed E-state index contributed by atoms with van der Waals surface area (Å²) in [6.07, 6.45) is 0. The molecule has 1 heterocycles. The maximum absolute atomic E-state index is 8.16. The van der Waals surface area contributed by atoms with Crippen molar-refractivity contribution in [2.75, 3.05) is 24.5 Å². The molecule has 1 aliphatic heterocycles. The number of nitrogens with zero attached hydrogens (tertiary/aromatic N) is 3. The van der Waals surface area contributed by atoms with Gasteiger partial charge in [0.2, 0.25) is 0 Å². The molecule has 0 spiro atoms. The first-order valence-electron chi connectivity index (χ1n) is 7.17. The molecule has 0 saturated heterocycles. The fourth-order valence-electron chi connectivity index (χ4n) is 2.58. The maximum atomic E-state index is 8.16. The van der Waals surface area contributed by atoms with Crippen LogP contribution in [0.25, 0.3) is 0 Å². The van der Waals surface area contributed by atoms with Crippen molar-refractivity contribution >= 4 is 17.4 Å². The Morgan fingerprint density at radius 3 is 2.25 bits per heavy atom. The number of nitrogens with one attached hydrogen (secondary N) is 1. The van der Waals surface area contributed by atoms with Crippen molar-refractivity contribution in [3.63, 3.8) is 0 Å². The molecule has 0 bridgehead atoms. The lowest BCUT2D eigenvalue weighted by molar-refractivity contribution is 0.475. The fraction of sp³-hybridized carbons (Fsp3) is 0.467. The molecule has 5 heteroatoms. The highest BCUT2D eigenvalue weighted by Crippen LogP contribution is 2.26. The molecule has 2 rings (SSSR count). The van der Waals surface area contributed by atoms with E-state index in [1.165, 1.54) is 5.69 Å². The van der Waals surface area contributed by atoms with Crippen molar-refractivity contribution in [3.8, 4) is 0 Å². The molecule has 1 aliphatic rings. The maximum Gasteiger partial charge on any atom is 0.135 e. The third-order valence-electron chi connectivity index (χ3n) is 3.74.